The number of carboxylic acids is 1. The summed E-state index contributed by atoms with van der Waals surface area (Å²) in [6.45, 7) is 0.868. The van der Waals surface area contributed by atoms with Crippen molar-refractivity contribution < 1.29 is 35.9 Å². The fourth-order valence-corrected chi connectivity index (χ4v) is 5.40. The van der Waals surface area contributed by atoms with Gasteiger partial charge in [-0.05, 0) is 0 Å². The molecule has 1 aromatic heterocycles. The number of hydrogen-bond acceptors (Lipinski definition) is 3. The zero-order valence-electron chi connectivity index (χ0n) is 14.0. The second-order valence-corrected chi connectivity index (χ2v) is 10.0. The number of hydrogen-bond donors (Lipinski definition) is 2. The minimum atomic E-state index is -0.919. The summed E-state index contributed by atoms with van der Waals surface area (Å²) in [4.78, 5) is 22.5. The van der Waals surface area contributed by atoms with Crippen molar-refractivity contribution in [3.63, 3.8) is 0 Å². The van der Waals surface area contributed by atoms with Crippen LogP contribution in [0.1, 0.15) is 34.0 Å². The molecule has 3 rings (SSSR count). The van der Waals surface area contributed by atoms with Crippen LogP contribution in [0.25, 0.3) is 0 Å². The predicted molar refractivity (Wildman–Crippen MR) is 93.0 cm³/mol. The standard InChI is InChI=1S/C17H18IN3O3.Al.2H/c22-16(23)6-7-19-17(24)13-3-1-12(2-4-13)11-21-15(5-8-20-21)14-9-18-10-14;;;/h1-5,14H,6-7,9-11H2,(H,19,24)(H,22,23);;;/q-1;;;. The van der Waals surface area contributed by atoms with Gasteiger partial charge in [0.2, 0.25) is 0 Å². The molecule has 1 aliphatic heterocycles. The van der Waals surface area contributed by atoms with E-state index in [9.17, 15) is 9.59 Å². The number of aromatic nitrogens is 2. The minimum absolute atomic E-state index is 0.0714. The molecule has 0 saturated carbocycles. The van der Waals surface area contributed by atoms with Gasteiger partial charge < -0.3 is 5.11 Å². The second-order valence-electron chi connectivity index (χ2n) is 6.16. The molecule has 2 N–H and O–H groups in total. The third-order valence-electron chi connectivity index (χ3n) is 4.12. The molecule has 0 atom stereocenters. The van der Waals surface area contributed by atoms with Crippen molar-refractivity contribution in [1.82, 2.24) is 15.1 Å². The third kappa shape index (κ3) is 4.84. The first-order chi connectivity index (χ1) is 12.0. The van der Waals surface area contributed by atoms with Gasteiger partial charge in [-0.15, -0.1) is 0 Å². The van der Waals surface area contributed by atoms with Crippen LogP contribution in [-0.4, -0.2) is 58.5 Å². The van der Waals surface area contributed by atoms with E-state index in [1.165, 1.54) is 19.1 Å². The third-order valence-corrected chi connectivity index (χ3v) is 7.98. The van der Waals surface area contributed by atoms with Crippen LogP contribution in [0.5, 0.6) is 0 Å². The summed E-state index contributed by atoms with van der Waals surface area (Å²) in [5.74, 6) is -0.465. The van der Waals surface area contributed by atoms with Crippen molar-refractivity contribution in [3.05, 3.63) is 47.2 Å². The molecule has 1 saturated heterocycles. The predicted octanol–water partition coefficient (Wildman–Crippen LogP) is -3.42. The van der Waals surface area contributed by atoms with Gasteiger partial charge in [0.1, 0.15) is 0 Å². The Hall–Kier alpha value is -1.37. The molecule has 1 fully saturated rings. The molecular weight excluding hydrogens is 448 g/mol. The van der Waals surface area contributed by atoms with Crippen LogP contribution in [0, 0.1) is 0 Å². The van der Waals surface area contributed by atoms with E-state index < -0.39 is 5.97 Å². The van der Waals surface area contributed by atoms with E-state index in [1.807, 2.05) is 12.1 Å². The number of aliphatic carboxylic acids is 1. The molecule has 1 amide bonds. The number of halogens is 1. The van der Waals surface area contributed by atoms with Gasteiger partial charge in [0, 0.05) is 0 Å². The number of carbonyl (C=O) groups is 2. The molecule has 2 aromatic rings. The number of benzene rings is 1. The SMILES string of the molecule is O=C(O)CCNC(=O)c1ccc(Cn2n[c]([AlH2])cc2C2C[I-]C2)cc1. The Balaban J connectivity index is 1.63. The van der Waals surface area contributed by atoms with Crippen molar-refractivity contribution >= 4 is 32.7 Å². The Labute approximate surface area is 164 Å². The van der Waals surface area contributed by atoms with Crippen molar-refractivity contribution in [2.45, 2.75) is 18.9 Å². The molecular formula is C17H20AlIN3O3-. The van der Waals surface area contributed by atoms with Gasteiger partial charge in [-0.3, -0.25) is 4.79 Å². The number of carboxylic acid groups (broad SMARTS) is 1. The molecule has 25 heavy (non-hydrogen) atoms. The van der Waals surface area contributed by atoms with Crippen molar-refractivity contribution in [1.29, 1.82) is 0 Å². The Morgan fingerprint density at radius 3 is 2.64 bits per heavy atom. The van der Waals surface area contributed by atoms with Crippen LogP contribution in [0.4, 0.5) is 0 Å². The normalized spacial score (nSPS) is 14.4. The molecule has 6 nitrogen and oxygen atoms in total. The van der Waals surface area contributed by atoms with Gasteiger partial charge >= 0.3 is 149 Å². The number of nitrogens with one attached hydrogen (secondary N) is 1. The molecule has 0 bridgehead atoms. The summed E-state index contributed by atoms with van der Waals surface area (Å²) in [5.41, 5.74) is 3.02. The summed E-state index contributed by atoms with van der Waals surface area (Å²) >= 11 is 1.39. The van der Waals surface area contributed by atoms with Crippen LogP contribution in [0.2, 0.25) is 0 Å². The van der Waals surface area contributed by atoms with E-state index in [-0.39, 0.29) is 18.9 Å². The summed E-state index contributed by atoms with van der Waals surface area (Å²) in [6, 6.07) is 9.70. The molecule has 0 aliphatic carbocycles. The van der Waals surface area contributed by atoms with Gasteiger partial charge in [0.05, 0.1) is 6.42 Å². The average Bonchev–Trinajstić information content (AvgIpc) is 2.86. The first kappa shape index (κ1) is 18.4. The second kappa shape index (κ2) is 8.34. The molecule has 1 aromatic carbocycles. The molecule has 8 heteroatoms. The topological polar surface area (TPSA) is 84.2 Å². The number of carbonyl (C=O) groups excluding carboxylic acids is 1. The molecule has 0 radical (unpaired) electrons. The molecule has 0 unspecified atom stereocenters. The van der Waals surface area contributed by atoms with Gasteiger partial charge in [-0.25, -0.2) is 0 Å². The van der Waals surface area contributed by atoms with E-state index in [1.54, 1.807) is 12.1 Å². The van der Waals surface area contributed by atoms with E-state index in [4.69, 9.17) is 5.11 Å². The fourth-order valence-electron chi connectivity index (χ4n) is 2.72. The van der Waals surface area contributed by atoms with Gasteiger partial charge in [0.25, 0.3) is 0 Å². The van der Waals surface area contributed by atoms with Gasteiger partial charge in [0.15, 0.2) is 0 Å². The van der Waals surface area contributed by atoms with Crippen molar-refractivity contribution in [3.8, 4) is 0 Å². The Kier molecular flexibility index (Phi) is 6.15. The van der Waals surface area contributed by atoms with E-state index in [0.717, 1.165) is 28.4 Å². The number of amides is 1. The van der Waals surface area contributed by atoms with Crippen molar-refractivity contribution in [2.24, 2.45) is 0 Å². The first-order valence-corrected chi connectivity index (χ1v) is 12.2. The Morgan fingerprint density at radius 2 is 2.04 bits per heavy atom. The zero-order chi connectivity index (χ0) is 17.8. The van der Waals surface area contributed by atoms with E-state index in [2.05, 4.69) is 21.2 Å². The first-order valence-electron chi connectivity index (χ1n) is 8.19. The Morgan fingerprint density at radius 1 is 1.32 bits per heavy atom. The van der Waals surface area contributed by atoms with E-state index in [0.29, 0.717) is 32.7 Å². The Bertz CT molecular complexity index is 772. The summed E-state index contributed by atoms with van der Waals surface area (Å²) in [6.07, 6.45) is -0.0714. The monoisotopic (exact) mass is 468 g/mol. The quantitative estimate of drug-likeness (QED) is 0.252. The van der Waals surface area contributed by atoms with Gasteiger partial charge in [-0.2, -0.15) is 0 Å². The van der Waals surface area contributed by atoms with Crippen LogP contribution in [-0.2, 0) is 11.3 Å². The summed E-state index contributed by atoms with van der Waals surface area (Å²) in [5, 5.41) is 15.9. The maximum absolute atomic E-state index is 12.0. The number of rotatable bonds is 7. The summed E-state index contributed by atoms with van der Waals surface area (Å²) in [7, 11) is 0. The van der Waals surface area contributed by atoms with Gasteiger partial charge in [-0.1, -0.05) is 0 Å². The molecule has 132 valence electrons. The fraction of sp³-hybridized carbons (Fsp3) is 0.353. The van der Waals surface area contributed by atoms with Crippen LogP contribution < -0.4 is 31.1 Å². The molecule has 1 aliphatic rings. The van der Waals surface area contributed by atoms with E-state index >= 15 is 0 Å². The number of nitrogens with zero attached hydrogens (tertiary/aromatic N) is 2. The maximum atomic E-state index is 12.0. The molecule has 0 spiro atoms. The average molecular weight is 468 g/mol. The van der Waals surface area contributed by atoms with Crippen molar-refractivity contribution in [2.75, 3.05) is 15.4 Å². The van der Waals surface area contributed by atoms with Crippen LogP contribution in [0.15, 0.2) is 30.3 Å². The summed E-state index contributed by atoms with van der Waals surface area (Å²) < 4.78 is 6.04. The van der Waals surface area contributed by atoms with Crippen LogP contribution in [0.3, 0.4) is 0 Å². The zero-order valence-corrected chi connectivity index (χ0v) is 18.2. The number of alkyl halides is 2. The van der Waals surface area contributed by atoms with Crippen LogP contribution >= 0.6 is 0 Å². The molecule has 2 heterocycles.